The Balaban J connectivity index is 1.24. The number of hydrogen-bond acceptors (Lipinski definition) is 8. The minimum absolute atomic E-state index is 0.0155. The lowest BCUT2D eigenvalue weighted by Gasteiger charge is -2.34. The summed E-state index contributed by atoms with van der Waals surface area (Å²) in [4.78, 5) is 35.4. The first-order chi connectivity index (χ1) is 20.6. The van der Waals surface area contributed by atoms with Crippen LogP contribution in [0.3, 0.4) is 0 Å². The van der Waals surface area contributed by atoms with Crippen molar-refractivity contribution in [1.29, 1.82) is 0 Å². The lowest BCUT2D eigenvalue weighted by atomic mass is 10.0. The molecule has 0 spiro atoms. The quantitative estimate of drug-likeness (QED) is 0.312. The van der Waals surface area contributed by atoms with Crippen LogP contribution in [0.5, 0.6) is 0 Å². The number of rotatable bonds is 6. The van der Waals surface area contributed by atoms with Gasteiger partial charge < -0.3 is 19.7 Å². The van der Waals surface area contributed by atoms with E-state index in [1.54, 1.807) is 28.0 Å². The van der Waals surface area contributed by atoms with Crippen molar-refractivity contribution in [2.24, 2.45) is 0 Å². The molecule has 1 N–H and O–H groups in total. The third-order valence-corrected chi connectivity index (χ3v) is 9.47. The number of hydrogen-bond donors (Lipinski definition) is 1. The minimum atomic E-state index is -0.102. The number of amides is 1. The molecule has 2 aliphatic rings. The van der Waals surface area contributed by atoms with Crippen molar-refractivity contribution in [3.63, 3.8) is 0 Å². The number of pyridine rings is 1. The second-order valence-corrected chi connectivity index (χ2v) is 11.9. The number of benzene rings is 2. The predicted octanol–water partition coefficient (Wildman–Crippen LogP) is 4.62. The summed E-state index contributed by atoms with van der Waals surface area (Å²) in [6.45, 7) is 7.26. The van der Waals surface area contributed by atoms with Crippen molar-refractivity contribution in [3.05, 3.63) is 71.1 Å². The Morgan fingerprint density at radius 2 is 1.83 bits per heavy atom. The van der Waals surface area contributed by atoms with Gasteiger partial charge in [-0.2, -0.15) is 0 Å². The first-order valence-electron chi connectivity index (χ1n) is 14.5. The summed E-state index contributed by atoms with van der Waals surface area (Å²) in [5.41, 5.74) is 3.26. The third-order valence-electron chi connectivity index (χ3n) is 8.25. The van der Waals surface area contributed by atoms with Crippen molar-refractivity contribution in [2.75, 3.05) is 62.8 Å². The molecule has 2 saturated heterocycles. The van der Waals surface area contributed by atoms with Crippen LogP contribution >= 0.6 is 11.3 Å². The fourth-order valence-corrected chi connectivity index (χ4v) is 7.24. The van der Waals surface area contributed by atoms with Crippen LogP contribution in [0.1, 0.15) is 13.3 Å². The standard InChI is InChI=1S/C32H33N5O4S/c1-2-22-20-41-16-13-36(22)19-29(38)33-21-8-9-27-26(17-21)24-6-3-5-23(31(24)42-27)25-7-4-10-37-30(39)18-28(34-32(25)37)35-11-14-40-15-12-35/h3-10,17-18,22H,2,11-16,19-20H2,1H3,(H,33,38)/t22-/m0/s1. The smallest absolute Gasteiger partial charge is 0.259 e. The fraction of sp³-hybridized carbons (Fsp3) is 0.344. The van der Waals surface area contributed by atoms with Gasteiger partial charge in [-0.25, -0.2) is 4.98 Å². The summed E-state index contributed by atoms with van der Waals surface area (Å²) >= 11 is 1.71. The molecule has 3 aromatic heterocycles. The summed E-state index contributed by atoms with van der Waals surface area (Å²) in [7, 11) is 0. The zero-order chi connectivity index (χ0) is 28.6. The number of anilines is 2. The molecule has 0 unspecified atom stereocenters. The van der Waals surface area contributed by atoms with Gasteiger partial charge >= 0.3 is 0 Å². The molecule has 0 bridgehead atoms. The topological polar surface area (TPSA) is 88.4 Å². The third kappa shape index (κ3) is 5.05. The van der Waals surface area contributed by atoms with Gasteiger partial charge in [0.15, 0.2) is 0 Å². The summed E-state index contributed by atoms with van der Waals surface area (Å²) in [5, 5.41) is 5.31. The van der Waals surface area contributed by atoms with Crippen molar-refractivity contribution >= 4 is 54.6 Å². The summed E-state index contributed by atoms with van der Waals surface area (Å²) in [6, 6.07) is 18.2. The zero-order valence-electron chi connectivity index (χ0n) is 23.5. The maximum atomic E-state index is 13.1. The molecule has 216 valence electrons. The Kier molecular flexibility index (Phi) is 7.37. The van der Waals surface area contributed by atoms with Gasteiger partial charge in [0, 0.05) is 74.9 Å². The fourth-order valence-electron chi connectivity index (χ4n) is 6.02. The molecule has 0 aliphatic carbocycles. The maximum Gasteiger partial charge on any atom is 0.259 e. The van der Waals surface area contributed by atoms with E-state index < -0.39 is 0 Å². The molecule has 5 heterocycles. The van der Waals surface area contributed by atoms with Gasteiger partial charge in [-0.05, 0) is 36.8 Å². The van der Waals surface area contributed by atoms with Crippen molar-refractivity contribution in [2.45, 2.75) is 19.4 Å². The molecule has 1 amide bonds. The summed E-state index contributed by atoms with van der Waals surface area (Å²) in [5.74, 6) is 0.667. The summed E-state index contributed by atoms with van der Waals surface area (Å²) < 4.78 is 15.0. The van der Waals surface area contributed by atoms with Gasteiger partial charge in [0.25, 0.3) is 5.56 Å². The molecule has 1 atom stereocenters. The zero-order valence-corrected chi connectivity index (χ0v) is 24.4. The number of aromatic nitrogens is 2. The summed E-state index contributed by atoms with van der Waals surface area (Å²) in [6.07, 6.45) is 2.73. The van der Waals surface area contributed by atoms with Gasteiger partial charge in [-0.3, -0.25) is 18.9 Å². The van der Waals surface area contributed by atoms with E-state index in [0.29, 0.717) is 57.5 Å². The van der Waals surface area contributed by atoms with Crippen LogP contribution < -0.4 is 15.8 Å². The lowest BCUT2D eigenvalue weighted by Crippen LogP contribution is -2.48. The molecule has 5 aromatic rings. The molecule has 10 heteroatoms. The Hall–Kier alpha value is -3.83. The normalized spacial score (nSPS) is 18.2. The van der Waals surface area contributed by atoms with Crippen molar-refractivity contribution in [1.82, 2.24) is 14.3 Å². The highest BCUT2D eigenvalue weighted by Crippen LogP contribution is 2.41. The average Bonchev–Trinajstić information content (AvgIpc) is 3.40. The molecule has 2 aromatic carbocycles. The van der Waals surface area contributed by atoms with E-state index in [1.807, 2.05) is 24.3 Å². The molecule has 0 radical (unpaired) electrons. The van der Waals surface area contributed by atoms with E-state index in [-0.39, 0.29) is 17.5 Å². The van der Waals surface area contributed by atoms with Gasteiger partial charge in [0.2, 0.25) is 5.91 Å². The number of nitrogens with zero attached hydrogens (tertiary/aromatic N) is 4. The molecule has 42 heavy (non-hydrogen) atoms. The monoisotopic (exact) mass is 583 g/mol. The number of nitrogens with one attached hydrogen (secondary N) is 1. The van der Waals surface area contributed by atoms with Gasteiger partial charge in [-0.15, -0.1) is 11.3 Å². The Labute approximate surface area is 247 Å². The minimum Gasteiger partial charge on any atom is -0.378 e. The number of thiophene rings is 1. The maximum absolute atomic E-state index is 13.1. The predicted molar refractivity (Wildman–Crippen MR) is 168 cm³/mol. The number of carbonyl (C=O) groups is 1. The van der Waals surface area contributed by atoms with Gasteiger partial charge in [0.05, 0.1) is 33.0 Å². The largest absolute Gasteiger partial charge is 0.378 e. The molecular weight excluding hydrogens is 550 g/mol. The van der Waals surface area contributed by atoms with Crippen LogP contribution in [0.15, 0.2) is 65.6 Å². The van der Waals surface area contributed by atoms with E-state index in [0.717, 1.165) is 50.0 Å². The highest BCUT2D eigenvalue weighted by molar-refractivity contribution is 7.26. The second-order valence-electron chi connectivity index (χ2n) is 10.8. The Morgan fingerprint density at radius 3 is 2.69 bits per heavy atom. The SMILES string of the molecule is CC[C@H]1COCCN1CC(=O)Nc1ccc2sc3c(-c4cccn5c(=O)cc(N6CCOCC6)nc45)cccc3c2c1. The molecule has 7 rings (SSSR count). The molecule has 2 aliphatic heterocycles. The van der Waals surface area contributed by atoms with Crippen LogP contribution in [-0.4, -0.2) is 78.8 Å². The van der Waals surface area contributed by atoms with Crippen molar-refractivity contribution < 1.29 is 14.3 Å². The van der Waals surface area contributed by atoms with E-state index in [2.05, 4.69) is 46.3 Å². The van der Waals surface area contributed by atoms with E-state index >= 15 is 0 Å². The number of morpholine rings is 2. The highest BCUT2D eigenvalue weighted by Gasteiger charge is 2.24. The lowest BCUT2D eigenvalue weighted by molar-refractivity contribution is -0.119. The number of ether oxygens (including phenoxy) is 2. The average molecular weight is 584 g/mol. The van der Waals surface area contributed by atoms with Crippen LogP contribution in [0, 0.1) is 0 Å². The molecule has 9 nitrogen and oxygen atoms in total. The van der Waals surface area contributed by atoms with E-state index in [1.165, 1.54) is 0 Å². The number of fused-ring (bicyclic) bond motifs is 4. The van der Waals surface area contributed by atoms with E-state index in [4.69, 9.17) is 14.5 Å². The van der Waals surface area contributed by atoms with Gasteiger partial charge in [0.1, 0.15) is 11.5 Å². The van der Waals surface area contributed by atoms with Crippen LogP contribution in [0.2, 0.25) is 0 Å². The van der Waals surface area contributed by atoms with Crippen molar-refractivity contribution in [3.8, 4) is 11.1 Å². The number of carbonyl (C=O) groups excluding carboxylic acids is 1. The first kappa shape index (κ1) is 27.0. The molecular formula is C32H33N5O4S. The Morgan fingerprint density at radius 1 is 1.00 bits per heavy atom. The first-order valence-corrected chi connectivity index (χ1v) is 15.3. The Bertz CT molecular complexity index is 1840. The van der Waals surface area contributed by atoms with Crippen LogP contribution in [-0.2, 0) is 14.3 Å². The molecule has 2 fully saturated rings. The van der Waals surface area contributed by atoms with Crippen LogP contribution in [0.4, 0.5) is 11.5 Å². The van der Waals surface area contributed by atoms with Gasteiger partial charge in [-0.1, -0.05) is 25.1 Å². The second kappa shape index (κ2) is 11.4. The van der Waals surface area contributed by atoms with E-state index in [9.17, 15) is 9.59 Å². The van der Waals surface area contributed by atoms with Crippen LogP contribution in [0.25, 0.3) is 36.9 Å². The highest BCUT2D eigenvalue weighted by atomic mass is 32.1. The molecule has 0 saturated carbocycles.